The van der Waals surface area contributed by atoms with Crippen molar-refractivity contribution in [2.75, 3.05) is 12.4 Å². The van der Waals surface area contributed by atoms with Gasteiger partial charge in [0.15, 0.2) is 0 Å². The minimum atomic E-state index is -0.699. The van der Waals surface area contributed by atoms with E-state index in [0.717, 1.165) is 18.2 Å². The molecule has 0 atom stereocenters. The van der Waals surface area contributed by atoms with Crippen LogP contribution in [0.15, 0.2) is 48.5 Å². The average molecular weight is 367 g/mol. The van der Waals surface area contributed by atoms with Crippen LogP contribution < -0.4 is 5.32 Å². The second-order valence-electron chi connectivity index (χ2n) is 5.51. The Morgan fingerprint density at radius 2 is 1.93 bits per heavy atom. The molecular formula is C18H13N3O6. The van der Waals surface area contributed by atoms with E-state index in [4.69, 9.17) is 0 Å². The van der Waals surface area contributed by atoms with Crippen molar-refractivity contribution in [3.63, 3.8) is 0 Å². The van der Waals surface area contributed by atoms with Crippen LogP contribution in [0.5, 0.6) is 5.75 Å². The number of aromatic nitrogens is 1. The van der Waals surface area contributed by atoms with E-state index in [1.165, 1.54) is 13.2 Å². The zero-order valence-electron chi connectivity index (χ0n) is 14.0. The maximum atomic E-state index is 12.4. The fourth-order valence-corrected chi connectivity index (χ4v) is 2.44. The summed E-state index contributed by atoms with van der Waals surface area (Å²) in [4.78, 5) is 38.2. The lowest BCUT2D eigenvalue weighted by Gasteiger charge is -2.08. The summed E-state index contributed by atoms with van der Waals surface area (Å²) in [6.07, 6.45) is 0. The fourth-order valence-electron chi connectivity index (χ4n) is 2.44. The van der Waals surface area contributed by atoms with Gasteiger partial charge < -0.3 is 15.2 Å². The molecule has 2 aromatic carbocycles. The smallest absolute Gasteiger partial charge is 0.356 e. The van der Waals surface area contributed by atoms with E-state index in [0.29, 0.717) is 16.6 Å². The number of nitrogens with one attached hydrogen (secondary N) is 1. The van der Waals surface area contributed by atoms with E-state index in [2.05, 4.69) is 15.0 Å². The molecule has 0 aliphatic heterocycles. The van der Waals surface area contributed by atoms with Crippen molar-refractivity contribution < 1.29 is 24.4 Å². The number of esters is 1. The normalized spacial score (nSPS) is 10.4. The zero-order valence-corrected chi connectivity index (χ0v) is 14.0. The lowest BCUT2D eigenvalue weighted by Crippen LogP contribution is -2.12. The quantitative estimate of drug-likeness (QED) is 0.412. The predicted octanol–water partition coefficient (Wildman–Crippen LogP) is 2.89. The molecule has 0 spiro atoms. The first kappa shape index (κ1) is 17.8. The Kier molecular flexibility index (Phi) is 4.67. The molecule has 1 amide bonds. The predicted molar refractivity (Wildman–Crippen MR) is 95.8 cm³/mol. The van der Waals surface area contributed by atoms with Gasteiger partial charge in [-0.15, -0.1) is 0 Å². The lowest BCUT2D eigenvalue weighted by molar-refractivity contribution is -0.384. The van der Waals surface area contributed by atoms with Crippen LogP contribution in [-0.2, 0) is 4.74 Å². The van der Waals surface area contributed by atoms with Gasteiger partial charge in [-0.05, 0) is 30.3 Å². The molecule has 3 rings (SSSR count). The molecule has 0 aliphatic rings. The second kappa shape index (κ2) is 7.08. The van der Waals surface area contributed by atoms with Gasteiger partial charge >= 0.3 is 5.97 Å². The number of nitro groups is 1. The number of ether oxygens (including phenoxy) is 1. The largest absolute Gasteiger partial charge is 0.507 e. The van der Waals surface area contributed by atoms with Gasteiger partial charge in [-0.2, -0.15) is 0 Å². The molecule has 3 aromatic rings. The third kappa shape index (κ3) is 3.66. The highest BCUT2D eigenvalue weighted by Crippen LogP contribution is 2.25. The molecule has 1 heterocycles. The SMILES string of the molecule is COC(=O)c1ccc2cc(NC(=O)c3cc([N+](=O)[O-])ccc3O)ccc2n1. The summed E-state index contributed by atoms with van der Waals surface area (Å²) in [6, 6.07) is 11.1. The molecule has 136 valence electrons. The topological polar surface area (TPSA) is 132 Å². The number of methoxy groups -OCH3 is 1. The summed E-state index contributed by atoms with van der Waals surface area (Å²) in [7, 11) is 1.26. The maximum absolute atomic E-state index is 12.4. The fraction of sp³-hybridized carbons (Fsp3) is 0.0556. The molecule has 0 bridgehead atoms. The molecule has 9 nitrogen and oxygen atoms in total. The van der Waals surface area contributed by atoms with Crippen LogP contribution in [0.2, 0.25) is 0 Å². The Labute approximate surface area is 152 Å². The number of rotatable bonds is 4. The molecule has 0 aliphatic carbocycles. The molecule has 9 heteroatoms. The number of phenols is 1. The molecule has 0 saturated heterocycles. The number of nitro benzene ring substituents is 1. The maximum Gasteiger partial charge on any atom is 0.356 e. The number of pyridine rings is 1. The Hall–Kier alpha value is -4.01. The minimum Gasteiger partial charge on any atom is -0.507 e. The molecule has 2 N–H and O–H groups in total. The number of anilines is 1. The molecular weight excluding hydrogens is 354 g/mol. The minimum absolute atomic E-state index is 0.156. The van der Waals surface area contributed by atoms with Crippen molar-refractivity contribution in [2.24, 2.45) is 0 Å². The number of hydrogen-bond acceptors (Lipinski definition) is 7. The van der Waals surface area contributed by atoms with Crippen molar-refractivity contribution in [1.82, 2.24) is 4.98 Å². The standard InChI is InChI=1S/C18H13N3O6/c1-27-18(24)15-5-2-10-8-11(3-6-14(10)20-15)19-17(23)13-9-12(21(25)26)4-7-16(13)22/h2-9,22H,1H3,(H,19,23). The summed E-state index contributed by atoms with van der Waals surface area (Å²) in [5, 5.41) is 23.9. The Morgan fingerprint density at radius 3 is 2.63 bits per heavy atom. The number of fused-ring (bicyclic) bond motifs is 1. The van der Waals surface area contributed by atoms with Gasteiger partial charge in [0, 0.05) is 23.2 Å². The number of carbonyl (C=O) groups excluding carboxylic acids is 2. The highest BCUT2D eigenvalue weighted by Gasteiger charge is 2.17. The van der Waals surface area contributed by atoms with E-state index in [-0.39, 0.29) is 22.7 Å². The van der Waals surface area contributed by atoms with Crippen molar-refractivity contribution in [2.45, 2.75) is 0 Å². The average Bonchev–Trinajstić information content (AvgIpc) is 2.66. The first-order valence-corrected chi connectivity index (χ1v) is 7.67. The number of phenolic OH excluding ortho intramolecular Hbond substituents is 1. The van der Waals surface area contributed by atoms with E-state index < -0.39 is 16.8 Å². The third-order valence-electron chi connectivity index (χ3n) is 3.78. The number of benzene rings is 2. The summed E-state index contributed by atoms with van der Waals surface area (Å²) < 4.78 is 4.62. The van der Waals surface area contributed by atoms with Gasteiger partial charge in [-0.1, -0.05) is 6.07 Å². The van der Waals surface area contributed by atoms with Gasteiger partial charge in [-0.3, -0.25) is 14.9 Å². The molecule has 1 aromatic heterocycles. The monoisotopic (exact) mass is 367 g/mol. The van der Waals surface area contributed by atoms with Gasteiger partial charge in [0.25, 0.3) is 11.6 Å². The van der Waals surface area contributed by atoms with Crippen LogP contribution in [0.4, 0.5) is 11.4 Å². The Morgan fingerprint density at radius 1 is 1.15 bits per heavy atom. The Bertz CT molecular complexity index is 1080. The summed E-state index contributed by atoms with van der Waals surface area (Å²) in [5.74, 6) is -1.63. The number of nitrogens with zero attached hydrogens (tertiary/aromatic N) is 2. The van der Waals surface area contributed by atoms with Gasteiger partial charge in [0.05, 0.1) is 23.1 Å². The van der Waals surface area contributed by atoms with Crippen molar-refractivity contribution in [1.29, 1.82) is 0 Å². The summed E-state index contributed by atoms with van der Waals surface area (Å²) >= 11 is 0. The zero-order chi connectivity index (χ0) is 19.6. The van der Waals surface area contributed by atoms with Crippen molar-refractivity contribution in [3.05, 3.63) is 69.9 Å². The van der Waals surface area contributed by atoms with Gasteiger partial charge in [-0.25, -0.2) is 9.78 Å². The highest BCUT2D eigenvalue weighted by molar-refractivity contribution is 6.07. The number of hydrogen-bond donors (Lipinski definition) is 2. The van der Waals surface area contributed by atoms with Crippen molar-refractivity contribution in [3.8, 4) is 5.75 Å². The molecule has 0 fully saturated rings. The number of aromatic hydroxyl groups is 1. The van der Waals surface area contributed by atoms with E-state index in [1.807, 2.05) is 0 Å². The molecule has 0 radical (unpaired) electrons. The van der Waals surface area contributed by atoms with Crippen LogP contribution >= 0.6 is 0 Å². The van der Waals surface area contributed by atoms with E-state index in [9.17, 15) is 24.8 Å². The molecule has 0 unspecified atom stereocenters. The van der Waals surface area contributed by atoms with Crippen LogP contribution in [0, 0.1) is 10.1 Å². The summed E-state index contributed by atoms with van der Waals surface area (Å²) in [6.45, 7) is 0. The first-order chi connectivity index (χ1) is 12.9. The van der Waals surface area contributed by atoms with Gasteiger partial charge in [0.1, 0.15) is 11.4 Å². The molecule has 27 heavy (non-hydrogen) atoms. The number of carbonyl (C=O) groups is 2. The highest BCUT2D eigenvalue weighted by atomic mass is 16.6. The van der Waals surface area contributed by atoms with Crippen LogP contribution in [0.3, 0.4) is 0 Å². The van der Waals surface area contributed by atoms with Gasteiger partial charge in [0.2, 0.25) is 0 Å². The second-order valence-corrected chi connectivity index (χ2v) is 5.51. The molecule has 0 saturated carbocycles. The first-order valence-electron chi connectivity index (χ1n) is 7.67. The van der Waals surface area contributed by atoms with Crippen LogP contribution in [-0.4, -0.2) is 34.0 Å². The van der Waals surface area contributed by atoms with E-state index in [1.54, 1.807) is 24.3 Å². The van der Waals surface area contributed by atoms with Crippen LogP contribution in [0.25, 0.3) is 10.9 Å². The number of non-ortho nitro benzene ring substituents is 1. The summed E-state index contributed by atoms with van der Waals surface area (Å²) in [5.41, 5.74) is 0.544. The van der Waals surface area contributed by atoms with Crippen molar-refractivity contribution >= 4 is 34.2 Å². The van der Waals surface area contributed by atoms with E-state index >= 15 is 0 Å². The lowest BCUT2D eigenvalue weighted by atomic mass is 10.1. The third-order valence-corrected chi connectivity index (χ3v) is 3.78. The van der Waals surface area contributed by atoms with Crippen LogP contribution in [0.1, 0.15) is 20.8 Å². The Balaban J connectivity index is 1.88. The number of amides is 1.